The van der Waals surface area contributed by atoms with Crippen LogP contribution in [0.15, 0.2) is 30.7 Å². The Morgan fingerprint density at radius 2 is 2.00 bits per heavy atom. The topological polar surface area (TPSA) is 113 Å². The highest BCUT2D eigenvalue weighted by molar-refractivity contribution is 5.94. The number of anilines is 1. The van der Waals surface area contributed by atoms with Crippen LogP contribution in [0, 0.1) is 17.5 Å². The van der Waals surface area contributed by atoms with Gasteiger partial charge in [0.25, 0.3) is 5.91 Å². The molecule has 0 radical (unpaired) electrons. The van der Waals surface area contributed by atoms with E-state index in [-0.39, 0.29) is 46.2 Å². The van der Waals surface area contributed by atoms with Gasteiger partial charge in [-0.05, 0) is 31.7 Å². The molecule has 176 valence electrons. The summed E-state index contributed by atoms with van der Waals surface area (Å²) in [5.41, 5.74) is 0.706. The monoisotopic (exact) mass is 470 g/mol. The van der Waals surface area contributed by atoms with Gasteiger partial charge in [0.05, 0.1) is 17.9 Å². The Hall–Kier alpha value is -3.96. The fourth-order valence-corrected chi connectivity index (χ4v) is 4.29. The lowest BCUT2D eigenvalue weighted by Crippen LogP contribution is -2.42. The van der Waals surface area contributed by atoms with Crippen molar-refractivity contribution in [3.63, 3.8) is 0 Å². The van der Waals surface area contributed by atoms with Crippen LogP contribution in [-0.4, -0.2) is 47.9 Å². The van der Waals surface area contributed by atoms with Crippen LogP contribution in [0.25, 0.3) is 22.3 Å². The molecule has 0 bridgehead atoms. The molecule has 0 aliphatic heterocycles. The minimum atomic E-state index is -0.738. The van der Waals surface area contributed by atoms with E-state index in [1.165, 1.54) is 23.1 Å². The maximum atomic E-state index is 14.5. The number of rotatable bonds is 5. The first-order valence-electron chi connectivity index (χ1n) is 10.8. The normalized spacial score (nSPS) is 18.2. The van der Waals surface area contributed by atoms with Crippen molar-refractivity contribution in [2.75, 3.05) is 5.32 Å². The van der Waals surface area contributed by atoms with Gasteiger partial charge >= 0.3 is 0 Å². The van der Waals surface area contributed by atoms with Gasteiger partial charge in [-0.1, -0.05) is 5.21 Å². The molecule has 34 heavy (non-hydrogen) atoms. The average Bonchev–Trinajstić information content (AvgIpc) is 3.42. The van der Waals surface area contributed by atoms with E-state index in [1.807, 2.05) is 0 Å². The summed E-state index contributed by atoms with van der Waals surface area (Å²) in [4.78, 5) is 23.4. The van der Waals surface area contributed by atoms with Gasteiger partial charge in [0.1, 0.15) is 11.6 Å². The Morgan fingerprint density at radius 1 is 1.18 bits per heavy atom. The summed E-state index contributed by atoms with van der Waals surface area (Å²) in [7, 11) is 1.68. The maximum Gasteiger partial charge on any atom is 0.273 e. The first-order valence-corrected chi connectivity index (χ1v) is 10.8. The maximum absolute atomic E-state index is 14.5. The average molecular weight is 470 g/mol. The number of nitrogens with one attached hydrogen (secondary N) is 3. The number of nitrogens with zero attached hydrogens (tertiary/aromatic N) is 5. The molecule has 9 nitrogen and oxygen atoms in total. The van der Waals surface area contributed by atoms with Crippen molar-refractivity contribution >= 4 is 22.6 Å². The number of halogens is 3. The Labute approximate surface area is 191 Å². The van der Waals surface area contributed by atoms with Gasteiger partial charge in [-0.15, -0.1) is 5.10 Å². The molecule has 1 amide bonds. The number of carbonyl (C=O) groups excluding carboxylic acids is 1. The number of aromatic nitrogens is 6. The van der Waals surface area contributed by atoms with Gasteiger partial charge in [0, 0.05) is 42.3 Å². The molecule has 0 spiro atoms. The van der Waals surface area contributed by atoms with E-state index >= 15 is 0 Å². The predicted molar refractivity (Wildman–Crippen MR) is 117 cm³/mol. The van der Waals surface area contributed by atoms with Gasteiger partial charge in [0.15, 0.2) is 23.2 Å². The number of H-pyrrole nitrogens is 1. The summed E-state index contributed by atoms with van der Waals surface area (Å²) in [5.74, 6) is -2.31. The molecule has 3 N–H and O–H groups in total. The molecule has 12 heteroatoms. The van der Waals surface area contributed by atoms with E-state index in [2.05, 4.69) is 35.9 Å². The van der Waals surface area contributed by atoms with Gasteiger partial charge in [-0.2, -0.15) is 0 Å². The number of hydrogen-bond acceptors (Lipinski definition) is 6. The van der Waals surface area contributed by atoms with E-state index in [0.717, 1.165) is 31.5 Å². The second kappa shape index (κ2) is 8.76. The largest absolute Gasteiger partial charge is 0.365 e. The summed E-state index contributed by atoms with van der Waals surface area (Å²) in [6, 6.07) is 1.69. The van der Waals surface area contributed by atoms with Gasteiger partial charge in [-0.3, -0.25) is 9.48 Å². The zero-order valence-corrected chi connectivity index (χ0v) is 18.1. The molecular weight excluding hydrogens is 449 g/mol. The van der Waals surface area contributed by atoms with Gasteiger partial charge in [-0.25, -0.2) is 23.1 Å². The number of amides is 1. The Balaban J connectivity index is 1.33. The molecule has 1 aliphatic carbocycles. The third-order valence-corrected chi connectivity index (χ3v) is 5.88. The van der Waals surface area contributed by atoms with E-state index in [4.69, 9.17) is 0 Å². The predicted octanol–water partition coefficient (Wildman–Crippen LogP) is 3.32. The van der Waals surface area contributed by atoms with E-state index in [9.17, 15) is 18.0 Å². The smallest absolute Gasteiger partial charge is 0.273 e. The molecule has 1 fully saturated rings. The molecule has 5 rings (SSSR count). The van der Waals surface area contributed by atoms with Crippen LogP contribution < -0.4 is 10.6 Å². The summed E-state index contributed by atoms with van der Waals surface area (Å²) < 4.78 is 43.8. The second-order valence-electron chi connectivity index (χ2n) is 8.36. The third-order valence-electron chi connectivity index (χ3n) is 5.88. The van der Waals surface area contributed by atoms with Crippen molar-refractivity contribution < 1.29 is 18.0 Å². The number of aromatic amines is 1. The Bertz CT molecular complexity index is 1370. The molecule has 1 aliphatic rings. The quantitative estimate of drug-likeness (QED) is 0.412. The molecule has 0 unspecified atom stereocenters. The van der Waals surface area contributed by atoms with Crippen molar-refractivity contribution in [2.24, 2.45) is 7.05 Å². The van der Waals surface area contributed by atoms with Gasteiger partial charge < -0.3 is 15.6 Å². The summed E-state index contributed by atoms with van der Waals surface area (Å²) in [5, 5.41) is 13.9. The highest BCUT2D eigenvalue weighted by Gasteiger charge is 2.26. The number of benzene rings is 1. The lowest BCUT2D eigenvalue weighted by molar-refractivity contribution is 0.0921. The first kappa shape index (κ1) is 21.9. The summed E-state index contributed by atoms with van der Waals surface area (Å²) in [6.07, 6.45) is 6.96. The SMILES string of the molecule is Cn1cc(C(=O)N[C@@H]2CCC[C@H](Nc3nc(-c4c[nH]c5c(F)cc(F)cc45)ncc3F)C2)nn1. The van der Waals surface area contributed by atoms with Crippen LogP contribution in [0.3, 0.4) is 0 Å². The Kier molecular flexibility index (Phi) is 5.64. The number of aryl methyl sites for hydroxylation is 1. The lowest BCUT2D eigenvalue weighted by Gasteiger charge is -2.30. The van der Waals surface area contributed by atoms with Crippen LogP contribution >= 0.6 is 0 Å². The zero-order chi connectivity index (χ0) is 23.8. The van der Waals surface area contributed by atoms with E-state index in [1.54, 1.807) is 7.05 Å². The van der Waals surface area contributed by atoms with Crippen LogP contribution in [0.2, 0.25) is 0 Å². The number of carbonyl (C=O) groups is 1. The number of fused-ring (bicyclic) bond motifs is 1. The zero-order valence-electron chi connectivity index (χ0n) is 18.1. The molecule has 1 aromatic carbocycles. The summed E-state index contributed by atoms with van der Waals surface area (Å²) in [6.45, 7) is 0. The van der Waals surface area contributed by atoms with Gasteiger partial charge in [0.2, 0.25) is 0 Å². The standard InChI is InChI=1S/C22H21F3N8O/c1-33-10-18(31-32-33)22(34)29-13-4-2-3-12(7-13)28-21-17(25)9-27-20(30-21)15-8-26-19-14(15)5-11(23)6-16(19)24/h5-6,8-10,12-13,26H,2-4,7H2,1H3,(H,29,34)(H,27,28,30)/t12-,13+/m0/s1. The fraction of sp³-hybridized carbons (Fsp3) is 0.318. The molecule has 0 saturated heterocycles. The highest BCUT2D eigenvalue weighted by atomic mass is 19.1. The van der Waals surface area contributed by atoms with E-state index in [0.29, 0.717) is 12.0 Å². The molecule has 2 atom stereocenters. The van der Waals surface area contributed by atoms with Crippen molar-refractivity contribution in [1.29, 1.82) is 0 Å². The van der Waals surface area contributed by atoms with Crippen molar-refractivity contribution in [2.45, 2.75) is 37.8 Å². The van der Waals surface area contributed by atoms with Crippen LogP contribution in [0.1, 0.15) is 36.2 Å². The van der Waals surface area contributed by atoms with Crippen molar-refractivity contribution in [3.8, 4) is 11.4 Å². The van der Waals surface area contributed by atoms with Crippen LogP contribution in [0.5, 0.6) is 0 Å². The number of hydrogen-bond donors (Lipinski definition) is 3. The van der Waals surface area contributed by atoms with Crippen molar-refractivity contribution in [3.05, 3.63) is 53.9 Å². The highest BCUT2D eigenvalue weighted by Crippen LogP contribution is 2.30. The third kappa shape index (κ3) is 4.30. The summed E-state index contributed by atoms with van der Waals surface area (Å²) >= 11 is 0. The fourth-order valence-electron chi connectivity index (χ4n) is 4.29. The van der Waals surface area contributed by atoms with Crippen LogP contribution in [0.4, 0.5) is 19.0 Å². The van der Waals surface area contributed by atoms with E-state index < -0.39 is 17.5 Å². The van der Waals surface area contributed by atoms with Crippen LogP contribution in [-0.2, 0) is 7.05 Å². The lowest BCUT2D eigenvalue weighted by atomic mass is 9.91. The molecule has 4 aromatic rings. The molecule has 3 heterocycles. The molecule has 1 saturated carbocycles. The van der Waals surface area contributed by atoms with Crippen molar-refractivity contribution in [1.82, 2.24) is 35.3 Å². The first-order chi connectivity index (χ1) is 16.4. The molecular formula is C22H21F3N8O. The minimum absolute atomic E-state index is 0.0119. The minimum Gasteiger partial charge on any atom is -0.365 e. The molecule has 3 aromatic heterocycles. The second-order valence-corrected chi connectivity index (χ2v) is 8.36. The Morgan fingerprint density at radius 3 is 2.79 bits per heavy atom.